The second-order valence-corrected chi connectivity index (χ2v) is 6.48. The van der Waals surface area contributed by atoms with Gasteiger partial charge < -0.3 is 10.3 Å². The first-order valence-electron chi connectivity index (χ1n) is 8.99. The maximum absolute atomic E-state index is 14.1. The van der Waals surface area contributed by atoms with Gasteiger partial charge in [-0.25, -0.2) is 8.78 Å². The van der Waals surface area contributed by atoms with Gasteiger partial charge in [-0.3, -0.25) is 4.79 Å². The molecule has 3 aromatic rings. The second-order valence-electron chi connectivity index (χ2n) is 6.48. The molecule has 0 spiro atoms. The third kappa shape index (κ3) is 4.25. The molecule has 0 fully saturated rings. The molecule has 0 unspecified atom stereocenters. The number of benzene rings is 2. The van der Waals surface area contributed by atoms with Crippen LogP contribution in [0.3, 0.4) is 0 Å². The van der Waals surface area contributed by atoms with E-state index in [0.29, 0.717) is 24.2 Å². The van der Waals surface area contributed by atoms with Crippen LogP contribution in [-0.4, -0.2) is 17.4 Å². The van der Waals surface area contributed by atoms with Crippen molar-refractivity contribution in [3.8, 4) is 0 Å². The zero-order valence-electron chi connectivity index (χ0n) is 15.4. The minimum atomic E-state index is -0.484. The second kappa shape index (κ2) is 8.16. The third-order valence-corrected chi connectivity index (χ3v) is 4.66. The van der Waals surface area contributed by atoms with Gasteiger partial charge in [0.05, 0.1) is 5.52 Å². The summed E-state index contributed by atoms with van der Waals surface area (Å²) < 4.78 is 27.9. The highest BCUT2D eigenvalue weighted by Crippen LogP contribution is 2.27. The molecule has 140 valence electrons. The molecule has 1 heterocycles. The molecule has 0 aliphatic rings. The van der Waals surface area contributed by atoms with Crippen molar-refractivity contribution in [1.82, 2.24) is 10.3 Å². The summed E-state index contributed by atoms with van der Waals surface area (Å²) in [7, 11) is 0. The lowest BCUT2D eigenvalue weighted by atomic mass is 10.1. The van der Waals surface area contributed by atoms with Crippen molar-refractivity contribution in [1.29, 1.82) is 0 Å². The molecule has 3 nitrogen and oxygen atoms in total. The number of nitrogens with one attached hydrogen (secondary N) is 2. The van der Waals surface area contributed by atoms with Gasteiger partial charge in [-0.05, 0) is 54.7 Å². The number of aromatic amines is 1. The molecule has 0 saturated heterocycles. The van der Waals surface area contributed by atoms with Gasteiger partial charge in [-0.2, -0.15) is 0 Å². The Kier molecular flexibility index (Phi) is 5.69. The van der Waals surface area contributed by atoms with Crippen molar-refractivity contribution in [2.75, 3.05) is 6.54 Å². The lowest BCUT2D eigenvalue weighted by Crippen LogP contribution is -2.23. The first kappa shape index (κ1) is 18.8. The van der Waals surface area contributed by atoms with E-state index in [-0.39, 0.29) is 16.8 Å². The number of carbonyl (C=O) groups excluding carboxylic acids is 1. The van der Waals surface area contributed by atoms with Crippen LogP contribution >= 0.6 is 0 Å². The SMILES string of the molecule is CCc1ccc(/C=C/C(=O)NCCc2c(C)[nH]c3c(F)ccc(F)c23)cc1. The number of amides is 1. The van der Waals surface area contributed by atoms with Crippen LogP contribution in [0.25, 0.3) is 17.0 Å². The van der Waals surface area contributed by atoms with Crippen LogP contribution in [0.5, 0.6) is 0 Å². The monoisotopic (exact) mass is 368 g/mol. The summed E-state index contributed by atoms with van der Waals surface area (Å²) in [6.07, 6.45) is 4.61. The van der Waals surface area contributed by atoms with E-state index in [1.165, 1.54) is 11.6 Å². The topological polar surface area (TPSA) is 44.9 Å². The highest BCUT2D eigenvalue weighted by Gasteiger charge is 2.15. The summed E-state index contributed by atoms with van der Waals surface area (Å²) in [6.45, 7) is 4.20. The van der Waals surface area contributed by atoms with Crippen LogP contribution < -0.4 is 5.32 Å². The van der Waals surface area contributed by atoms with E-state index in [1.807, 2.05) is 24.3 Å². The van der Waals surface area contributed by atoms with Gasteiger partial charge >= 0.3 is 0 Å². The first-order valence-corrected chi connectivity index (χ1v) is 8.99. The number of carbonyl (C=O) groups is 1. The van der Waals surface area contributed by atoms with Crippen LogP contribution in [0, 0.1) is 18.6 Å². The standard InChI is InChI=1S/C22H22F2N2O/c1-3-15-4-6-16(7-5-15)8-11-20(27)25-13-12-17-14(2)26-22-19(24)10-9-18(23)21(17)22/h4-11,26H,3,12-13H2,1-2H3,(H,25,27)/b11-8+. The summed E-state index contributed by atoms with van der Waals surface area (Å²) in [5, 5.41) is 3.04. The Hall–Kier alpha value is -2.95. The van der Waals surface area contributed by atoms with E-state index in [4.69, 9.17) is 0 Å². The molecule has 0 aliphatic carbocycles. The molecule has 0 radical (unpaired) electrons. The fraction of sp³-hybridized carbons (Fsp3) is 0.227. The number of aryl methyl sites for hydroxylation is 2. The van der Waals surface area contributed by atoms with Gasteiger partial charge in [0.15, 0.2) is 0 Å². The van der Waals surface area contributed by atoms with E-state index in [1.54, 1.807) is 13.0 Å². The van der Waals surface area contributed by atoms with Crippen LogP contribution in [0.15, 0.2) is 42.5 Å². The molecule has 0 saturated carbocycles. The first-order chi connectivity index (χ1) is 13.0. The number of hydrogen-bond acceptors (Lipinski definition) is 1. The van der Waals surface area contributed by atoms with Gasteiger partial charge in [0.2, 0.25) is 5.91 Å². The zero-order chi connectivity index (χ0) is 19.4. The average Bonchev–Trinajstić information content (AvgIpc) is 3.01. The van der Waals surface area contributed by atoms with E-state index >= 15 is 0 Å². The van der Waals surface area contributed by atoms with E-state index in [0.717, 1.165) is 24.1 Å². The maximum Gasteiger partial charge on any atom is 0.244 e. The average molecular weight is 368 g/mol. The lowest BCUT2D eigenvalue weighted by molar-refractivity contribution is -0.116. The van der Waals surface area contributed by atoms with Crippen molar-refractivity contribution in [2.24, 2.45) is 0 Å². The highest BCUT2D eigenvalue weighted by atomic mass is 19.1. The van der Waals surface area contributed by atoms with Gasteiger partial charge in [0, 0.05) is 23.7 Å². The Bertz CT molecular complexity index is 988. The Morgan fingerprint density at radius 3 is 2.52 bits per heavy atom. The fourth-order valence-electron chi connectivity index (χ4n) is 3.14. The van der Waals surface area contributed by atoms with Crippen molar-refractivity contribution in [3.05, 3.63) is 76.5 Å². The van der Waals surface area contributed by atoms with Crippen molar-refractivity contribution in [2.45, 2.75) is 26.7 Å². The van der Waals surface area contributed by atoms with Crippen molar-refractivity contribution in [3.63, 3.8) is 0 Å². The molecule has 0 bridgehead atoms. The highest BCUT2D eigenvalue weighted by molar-refractivity contribution is 5.91. The summed E-state index contributed by atoms with van der Waals surface area (Å²) >= 11 is 0. The molecular formula is C22H22F2N2O. The van der Waals surface area contributed by atoms with Crippen LogP contribution in [-0.2, 0) is 17.6 Å². The molecule has 1 aromatic heterocycles. The van der Waals surface area contributed by atoms with Gasteiger partial charge in [0.25, 0.3) is 0 Å². The Morgan fingerprint density at radius 2 is 1.81 bits per heavy atom. The van der Waals surface area contributed by atoms with Gasteiger partial charge in [-0.15, -0.1) is 0 Å². The normalized spacial score (nSPS) is 11.4. The summed E-state index contributed by atoms with van der Waals surface area (Å²) in [6, 6.07) is 10.2. The number of H-pyrrole nitrogens is 1. The molecule has 2 N–H and O–H groups in total. The van der Waals surface area contributed by atoms with Crippen molar-refractivity contribution >= 4 is 22.9 Å². The minimum Gasteiger partial charge on any atom is -0.356 e. The van der Waals surface area contributed by atoms with Gasteiger partial charge in [0.1, 0.15) is 11.6 Å². The lowest BCUT2D eigenvalue weighted by Gasteiger charge is -2.04. The van der Waals surface area contributed by atoms with Crippen LogP contribution in [0.2, 0.25) is 0 Å². The largest absolute Gasteiger partial charge is 0.356 e. The smallest absolute Gasteiger partial charge is 0.244 e. The predicted molar refractivity (Wildman–Crippen MR) is 105 cm³/mol. The van der Waals surface area contributed by atoms with Crippen molar-refractivity contribution < 1.29 is 13.6 Å². The molecule has 5 heteroatoms. The predicted octanol–water partition coefficient (Wildman–Crippen LogP) is 4.69. The summed E-state index contributed by atoms with van der Waals surface area (Å²) in [5.41, 5.74) is 3.75. The van der Waals surface area contributed by atoms with Crippen LogP contribution in [0.4, 0.5) is 8.78 Å². The quantitative estimate of drug-likeness (QED) is 0.609. The number of fused-ring (bicyclic) bond motifs is 1. The molecule has 0 atom stereocenters. The number of rotatable bonds is 6. The minimum absolute atomic E-state index is 0.171. The van der Waals surface area contributed by atoms with Gasteiger partial charge in [-0.1, -0.05) is 31.2 Å². The third-order valence-electron chi connectivity index (χ3n) is 4.66. The number of hydrogen-bond donors (Lipinski definition) is 2. The maximum atomic E-state index is 14.1. The molecule has 1 amide bonds. The Balaban J connectivity index is 1.62. The molecule has 3 rings (SSSR count). The zero-order valence-corrected chi connectivity index (χ0v) is 15.4. The Labute approximate surface area is 157 Å². The van der Waals surface area contributed by atoms with E-state index in [9.17, 15) is 13.6 Å². The molecule has 2 aromatic carbocycles. The van der Waals surface area contributed by atoms with E-state index < -0.39 is 11.6 Å². The molecule has 0 aliphatic heterocycles. The fourth-order valence-corrected chi connectivity index (χ4v) is 3.14. The summed E-state index contributed by atoms with van der Waals surface area (Å²) in [5.74, 6) is -1.17. The summed E-state index contributed by atoms with van der Waals surface area (Å²) in [4.78, 5) is 14.9. The van der Waals surface area contributed by atoms with Crippen LogP contribution in [0.1, 0.15) is 29.3 Å². The Morgan fingerprint density at radius 1 is 1.11 bits per heavy atom. The number of halogens is 2. The molecule has 27 heavy (non-hydrogen) atoms. The molecular weight excluding hydrogens is 346 g/mol. The van der Waals surface area contributed by atoms with E-state index in [2.05, 4.69) is 17.2 Å². The number of aromatic nitrogens is 1.